The molecule has 1 aromatic heterocycles. The van der Waals surface area contributed by atoms with Crippen molar-refractivity contribution in [2.24, 2.45) is 18.4 Å². The van der Waals surface area contributed by atoms with E-state index in [1.165, 1.54) is 11.0 Å². The van der Waals surface area contributed by atoms with E-state index < -0.39 is 5.41 Å². The van der Waals surface area contributed by atoms with E-state index in [2.05, 4.69) is 28.8 Å². The van der Waals surface area contributed by atoms with Gasteiger partial charge >= 0.3 is 5.97 Å². The summed E-state index contributed by atoms with van der Waals surface area (Å²) in [5.41, 5.74) is -0.521. The molecule has 8 heteroatoms. The van der Waals surface area contributed by atoms with Crippen molar-refractivity contribution in [1.82, 2.24) is 24.6 Å². The summed E-state index contributed by atoms with van der Waals surface area (Å²) in [6.45, 7) is 9.19. The van der Waals surface area contributed by atoms with E-state index in [0.29, 0.717) is 32.3 Å². The third-order valence-corrected chi connectivity index (χ3v) is 5.70. The number of esters is 1. The largest absolute Gasteiger partial charge is 0.466 e. The van der Waals surface area contributed by atoms with Gasteiger partial charge in [-0.3, -0.25) is 19.2 Å². The van der Waals surface area contributed by atoms with Crippen molar-refractivity contribution in [1.29, 1.82) is 0 Å². The van der Waals surface area contributed by atoms with Crippen molar-refractivity contribution in [3.63, 3.8) is 0 Å². The number of hydrogen-bond donors (Lipinski definition) is 0. The number of aryl methyl sites for hydroxylation is 1. The predicted molar refractivity (Wildman–Crippen MR) is 95.4 cm³/mol. The first kappa shape index (κ1) is 18.8. The van der Waals surface area contributed by atoms with Gasteiger partial charge in [-0.15, -0.1) is 5.10 Å². The Morgan fingerprint density at radius 3 is 2.77 bits per heavy atom. The van der Waals surface area contributed by atoms with E-state index in [1.807, 2.05) is 11.8 Å². The molecule has 2 atom stereocenters. The number of rotatable bonds is 4. The summed E-state index contributed by atoms with van der Waals surface area (Å²) in [6, 6.07) is 0.356. The summed E-state index contributed by atoms with van der Waals surface area (Å²) in [6.07, 6.45) is 3.06. The molecule has 2 aliphatic heterocycles. The lowest BCUT2D eigenvalue weighted by Gasteiger charge is -2.31. The molecule has 3 heterocycles. The molecule has 2 fully saturated rings. The summed E-state index contributed by atoms with van der Waals surface area (Å²) < 4.78 is 6.99. The van der Waals surface area contributed by atoms with Crippen molar-refractivity contribution in [2.75, 3.05) is 32.8 Å². The Bertz CT molecular complexity index is 674. The maximum Gasteiger partial charge on any atom is 0.313 e. The van der Waals surface area contributed by atoms with Crippen LogP contribution in [0.15, 0.2) is 6.33 Å². The highest BCUT2D eigenvalue weighted by Gasteiger charge is 2.54. The van der Waals surface area contributed by atoms with Gasteiger partial charge in [-0.2, -0.15) is 0 Å². The Hall–Kier alpha value is -1.96. The highest BCUT2D eigenvalue weighted by molar-refractivity contribution is 5.90. The molecule has 2 aliphatic rings. The molecule has 144 valence electrons. The molecule has 0 aliphatic carbocycles. The molecule has 0 radical (unpaired) electrons. The molecular weight excluding hydrogens is 334 g/mol. The van der Waals surface area contributed by atoms with Gasteiger partial charge in [0, 0.05) is 45.2 Å². The summed E-state index contributed by atoms with van der Waals surface area (Å²) >= 11 is 0. The minimum atomic E-state index is -0.521. The maximum absolute atomic E-state index is 12.9. The number of carbonyl (C=O) groups is 2. The zero-order valence-electron chi connectivity index (χ0n) is 16.1. The van der Waals surface area contributed by atoms with Crippen molar-refractivity contribution in [3.8, 4) is 0 Å². The molecule has 0 N–H and O–H groups in total. The number of carbonyl (C=O) groups excluding carboxylic acids is 2. The van der Waals surface area contributed by atoms with E-state index in [4.69, 9.17) is 4.74 Å². The van der Waals surface area contributed by atoms with Crippen molar-refractivity contribution in [2.45, 2.75) is 39.7 Å². The maximum atomic E-state index is 12.9. The highest BCUT2D eigenvalue weighted by atomic mass is 16.5. The van der Waals surface area contributed by atoms with Gasteiger partial charge in [-0.25, -0.2) is 4.98 Å². The minimum Gasteiger partial charge on any atom is -0.466 e. The van der Waals surface area contributed by atoms with Crippen LogP contribution in [0.3, 0.4) is 0 Å². The molecule has 0 unspecified atom stereocenters. The first-order valence-corrected chi connectivity index (χ1v) is 9.43. The van der Waals surface area contributed by atoms with Gasteiger partial charge in [0.25, 0.3) is 5.91 Å². The van der Waals surface area contributed by atoms with Gasteiger partial charge in [-0.1, -0.05) is 0 Å². The fourth-order valence-electron chi connectivity index (χ4n) is 4.24. The number of likely N-dealkylation sites (tertiary alicyclic amines) is 2. The predicted octanol–water partition coefficient (Wildman–Crippen LogP) is 0.941. The second-order valence-electron chi connectivity index (χ2n) is 7.69. The molecule has 1 amide bonds. The van der Waals surface area contributed by atoms with Gasteiger partial charge in [0.1, 0.15) is 6.33 Å². The van der Waals surface area contributed by atoms with E-state index >= 15 is 0 Å². The van der Waals surface area contributed by atoms with Crippen LogP contribution in [0.25, 0.3) is 0 Å². The number of aromatic nitrogens is 3. The third-order valence-electron chi connectivity index (χ3n) is 5.70. The lowest BCUT2D eigenvalue weighted by molar-refractivity contribution is -0.157. The average Bonchev–Trinajstić information content (AvgIpc) is 3.14. The van der Waals surface area contributed by atoms with Gasteiger partial charge < -0.3 is 9.64 Å². The van der Waals surface area contributed by atoms with Gasteiger partial charge in [0.2, 0.25) is 5.82 Å². The van der Waals surface area contributed by atoms with Crippen molar-refractivity contribution in [3.05, 3.63) is 12.2 Å². The second-order valence-corrected chi connectivity index (χ2v) is 7.69. The molecule has 8 nitrogen and oxygen atoms in total. The SMILES string of the molecule is CCOC(=O)[C@]12CCCN(C(=O)c3ncn(C)n3)C[C@H]1CN(C(C)C)C2. The van der Waals surface area contributed by atoms with E-state index in [0.717, 1.165) is 19.4 Å². The molecule has 2 saturated heterocycles. The third kappa shape index (κ3) is 3.34. The molecule has 0 bridgehead atoms. The van der Waals surface area contributed by atoms with Crippen LogP contribution in [0, 0.1) is 11.3 Å². The van der Waals surface area contributed by atoms with E-state index in [9.17, 15) is 9.59 Å². The fourth-order valence-corrected chi connectivity index (χ4v) is 4.24. The topological polar surface area (TPSA) is 80.6 Å². The van der Waals surface area contributed by atoms with Crippen LogP contribution >= 0.6 is 0 Å². The lowest BCUT2D eigenvalue weighted by atomic mass is 9.75. The van der Waals surface area contributed by atoms with Crippen LogP contribution in [0.5, 0.6) is 0 Å². The van der Waals surface area contributed by atoms with Crippen molar-refractivity contribution >= 4 is 11.9 Å². The fraction of sp³-hybridized carbons (Fsp3) is 0.778. The molecule has 26 heavy (non-hydrogen) atoms. The Kier molecular flexibility index (Phi) is 5.32. The zero-order valence-corrected chi connectivity index (χ0v) is 16.1. The number of amides is 1. The number of fused-ring (bicyclic) bond motifs is 1. The monoisotopic (exact) mass is 363 g/mol. The Morgan fingerprint density at radius 2 is 2.15 bits per heavy atom. The second kappa shape index (κ2) is 7.34. The smallest absolute Gasteiger partial charge is 0.313 e. The standard InChI is InChI=1S/C18H29N5O3/c1-5-26-17(25)18-7-6-8-22(16(24)15-19-12-21(4)20-15)9-14(18)10-23(11-18)13(2)3/h12-14H,5-11H2,1-4H3/t14-,18-/m0/s1. The van der Waals surface area contributed by atoms with Crippen LogP contribution in [0.1, 0.15) is 44.2 Å². The van der Waals surface area contributed by atoms with E-state index in [1.54, 1.807) is 7.05 Å². The Labute approximate surface area is 154 Å². The first-order valence-electron chi connectivity index (χ1n) is 9.43. The lowest BCUT2D eigenvalue weighted by Crippen LogP contribution is -2.43. The van der Waals surface area contributed by atoms with Crippen LogP contribution in [0.2, 0.25) is 0 Å². The molecule has 1 aromatic rings. The summed E-state index contributed by atoms with van der Waals surface area (Å²) in [4.78, 5) is 33.9. The molecular formula is C18H29N5O3. The first-order chi connectivity index (χ1) is 12.4. The molecule has 0 aromatic carbocycles. The summed E-state index contributed by atoms with van der Waals surface area (Å²) in [5.74, 6) is 0.0145. The minimum absolute atomic E-state index is 0.0686. The molecule has 3 rings (SSSR count). The Morgan fingerprint density at radius 1 is 1.38 bits per heavy atom. The van der Waals surface area contributed by atoms with Gasteiger partial charge in [0.15, 0.2) is 0 Å². The van der Waals surface area contributed by atoms with Crippen LogP contribution in [-0.4, -0.2) is 75.3 Å². The molecule has 0 saturated carbocycles. The van der Waals surface area contributed by atoms with E-state index in [-0.39, 0.29) is 23.6 Å². The van der Waals surface area contributed by atoms with Crippen LogP contribution in [0.4, 0.5) is 0 Å². The van der Waals surface area contributed by atoms with Crippen LogP contribution < -0.4 is 0 Å². The highest BCUT2D eigenvalue weighted by Crippen LogP contribution is 2.44. The number of hydrogen-bond acceptors (Lipinski definition) is 6. The number of ether oxygens (including phenoxy) is 1. The van der Waals surface area contributed by atoms with Crippen LogP contribution in [-0.2, 0) is 16.6 Å². The molecule has 0 spiro atoms. The summed E-state index contributed by atoms with van der Waals surface area (Å²) in [7, 11) is 1.75. The van der Waals surface area contributed by atoms with Gasteiger partial charge in [-0.05, 0) is 33.6 Å². The zero-order chi connectivity index (χ0) is 18.9. The van der Waals surface area contributed by atoms with Crippen molar-refractivity contribution < 1.29 is 14.3 Å². The normalized spacial score (nSPS) is 26.7. The quantitative estimate of drug-likeness (QED) is 0.741. The Balaban J connectivity index is 1.85. The summed E-state index contributed by atoms with van der Waals surface area (Å²) in [5, 5.41) is 4.14. The average molecular weight is 363 g/mol. The van der Waals surface area contributed by atoms with Gasteiger partial charge in [0.05, 0.1) is 12.0 Å². The number of nitrogens with zero attached hydrogens (tertiary/aromatic N) is 5.